The van der Waals surface area contributed by atoms with E-state index in [1.165, 1.54) is 0 Å². The van der Waals surface area contributed by atoms with Crippen molar-refractivity contribution in [2.45, 2.75) is 25.6 Å². The quantitative estimate of drug-likeness (QED) is 0.736. The van der Waals surface area contributed by atoms with Gasteiger partial charge in [-0.3, -0.25) is 0 Å². The molecule has 0 radical (unpaired) electrons. The van der Waals surface area contributed by atoms with Crippen molar-refractivity contribution in [3.8, 4) is 0 Å². The molecule has 0 aromatic carbocycles. The highest BCUT2D eigenvalue weighted by atomic mass is 19.4. The zero-order valence-corrected chi connectivity index (χ0v) is 9.33. The van der Waals surface area contributed by atoms with Crippen molar-refractivity contribution in [3.63, 3.8) is 0 Å². The smallest absolute Gasteiger partial charge is 0.393 e. The van der Waals surface area contributed by atoms with E-state index in [1.54, 1.807) is 6.92 Å². The van der Waals surface area contributed by atoms with Gasteiger partial charge in [0.2, 0.25) is 0 Å². The van der Waals surface area contributed by atoms with E-state index in [9.17, 15) is 18.3 Å². The van der Waals surface area contributed by atoms with Gasteiger partial charge in [0.05, 0.1) is 12.7 Å². The van der Waals surface area contributed by atoms with Crippen LogP contribution in [0.1, 0.15) is 13.3 Å². The van der Waals surface area contributed by atoms with E-state index in [4.69, 9.17) is 0 Å². The summed E-state index contributed by atoms with van der Waals surface area (Å²) in [6.45, 7) is 2.72. The van der Waals surface area contributed by atoms with Gasteiger partial charge in [0.1, 0.15) is 6.61 Å². The van der Waals surface area contributed by atoms with E-state index in [0.29, 0.717) is 6.54 Å². The highest BCUT2D eigenvalue weighted by Gasteiger charge is 2.28. The van der Waals surface area contributed by atoms with Crippen molar-refractivity contribution in [1.29, 1.82) is 0 Å². The largest absolute Gasteiger partial charge is 0.411 e. The summed E-state index contributed by atoms with van der Waals surface area (Å²) in [6.07, 6.45) is -3.69. The first-order valence-electron chi connectivity index (χ1n) is 5.43. The van der Waals surface area contributed by atoms with Crippen LogP contribution < -0.4 is 0 Å². The number of alkyl halides is 3. The maximum Gasteiger partial charge on any atom is 0.411 e. The normalized spacial score (nSPS) is 24.9. The molecule has 0 aliphatic carbocycles. The van der Waals surface area contributed by atoms with E-state index in [-0.39, 0.29) is 18.6 Å². The Kier molecular flexibility index (Phi) is 5.01. The van der Waals surface area contributed by atoms with E-state index >= 15 is 0 Å². The van der Waals surface area contributed by atoms with Crippen molar-refractivity contribution in [2.75, 3.05) is 32.8 Å². The monoisotopic (exact) mass is 241 g/mol. The summed E-state index contributed by atoms with van der Waals surface area (Å²) in [6, 6.07) is 0. The molecule has 1 aliphatic rings. The topological polar surface area (TPSA) is 32.7 Å². The predicted molar refractivity (Wildman–Crippen MR) is 53.1 cm³/mol. The molecule has 1 fully saturated rings. The average molecular weight is 241 g/mol. The number of hydrogen-bond acceptors (Lipinski definition) is 3. The molecule has 2 atom stereocenters. The molecule has 0 aromatic heterocycles. The molecule has 2 unspecified atom stereocenters. The molecule has 1 saturated heterocycles. The van der Waals surface area contributed by atoms with Crippen molar-refractivity contribution < 1.29 is 23.0 Å². The molecule has 16 heavy (non-hydrogen) atoms. The third-order valence-corrected chi connectivity index (χ3v) is 2.81. The Hall–Kier alpha value is -0.330. The maximum absolute atomic E-state index is 11.8. The third kappa shape index (κ3) is 5.14. The summed E-state index contributed by atoms with van der Waals surface area (Å²) < 4.78 is 39.8. The van der Waals surface area contributed by atoms with Crippen LogP contribution in [0.2, 0.25) is 0 Å². The fourth-order valence-electron chi connectivity index (χ4n) is 1.84. The summed E-state index contributed by atoms with van der Waals surface area (Å²) in [5, 5.41) is 9.34. The second-order valence-electron chi connectivity index (χ2n) is 4.26. The van der Waals surface area contributed by atoms with E-state index in [2.05, 4.69) is 4.74 Å². The van der Waals surface area contributed by atoms with Gasteiger partial charge in [-0.1, -0.05) is 0 Å². The minimum absolute atomic E-state index is 0.0893. The van der Waals surface area contributed by atoms with Crippen molar-refractivity contribution in [2.24, 2.45) is 5.92 Å². The number of likely N-dealkylation sites (tertiary alicyclic amines) is 1. The van der Waals surface area contributed by atoms with E-state index in [0.717, 1.165) is 19.5 Å². The number of rotatable bonds is 5. The van der Waals surface area contributed by atoms with Crippen molar-refractivity contribution in [3.05, 3.63) is 0 Å². The van der Waals surface area contributed by atoms with Gasteiger partial charge < -0.3 is 14.7 Å². The Bertz CT molecular complexity index is 209. The highest BCUT2D eigenvalue weighted by molar-refractivity contribution is 4.78. The number of aliphatic hydroxyl groups excluding tert-OH is 1. The van der Waals surface area contributed by atoms with Gasteiger partial charge in [-0.05, 0) is 25.8 Å². The first-order chi connectivity index (χ1) is 7.38. The summed E-state index contributed by atoms with van der Waals surface area (Å²) in [4.78, 5) is 2.02. The molecule has 0 aromatic rings. The van der Waals surface area contributed by atoms with Crippen LogP contribution in [0.15, 0.2) is 0 Å². The molecule has 96 valence electrons. The minimum Gasteiger partial charge on any atom is -0.393 e. The number of ether oxygens (including phenoxy) is 1. The molecule has 6 heteroatoms. The predicted octanol–water partition coefficient (Wildman–Crippen LogP) is 1.27. The lowest BCUT2D eigenvalue weighted by Gasteiger charge is -2.17. The van der Waals surface area contributed by atoms with Crippen LogP contribution in [0.3, 0.4) is 0 Å². The van der Waals surface area contributed by atoms with Crippen LogP contribution in [0.25, 0.3) is 0 Å². The first kappa shape index (κ1) is 13.7. The number of aliphatic hydroxyl groups is 1. The molecule has 1 rings (SSSR count). The Morgan fingerprint density at radius 1 is 1.50 bits per heavy atom. The van der Waals surface area contributed by atoms with Crippen LogP contribution in [0.5, 0.6) is 0 Å². The molecule has 1 aliphatic heterocycles. The van der Waals surface area contributed by atoms with Crippen LogP contribution in [0, 0.1) is 5.92 Å². The van der Waals surface area contributed by atoms with Gasteiger partial charge in [-0.25, -0.2) is 0 Å². The second kappa shape index (κ2) is 5.84. The molecule has 0 saturated carbocycles. The van der Waals surface area contributed by atoms with Crippen LogP contribution >= 0.6 is 0 Å². The van der Waals surface area contributed by atoms with Gasteiger partial charge in [-0.15, -0.1) is 0 Å². The van der Waals surface area contributed by atoms with E-state index in [1.807, 2.05) is 4.90 Å². The number of hydrogen-bond donors (Lipinski definition) is 1. The minimum atomic E-state index is -4.24. The molecule has 0 bridgehead atoms. The molecular formula is C10H18F3NO2. The third-order valence-electron chi connectivity index (χ3n) is 2.81. The van der Waals surface area contributed by atoms with E-state index < -0.39 is 12.8 Å². The average Bonchev–Trinajstić information content (AvgIpc) is 2.59. The van der Waals surface area contributed by atoms with Gasteiger partial charge >= 0.3 is 6.18 Å². The molecule has 1 heterocycles. The van der Waals surface area contributed by atoms with Crippen LogP contribution in [-0.2, 0) is 4.74 Å². The van der Waals surface area contributed by atoms with Crippen molar-refractivity contribution in [1.82, 2.24) is 4.90 Å². The Morgan fingerprint density at radius 3 is 2.69 bits per heavy atom. The first-order valence-corrected chi connectivity index (χ1v) is 5.43. The van der Waals surface area contributed by atoms with Gasteiger partial charge in [0.15, 0.2) is 0 Å². The number of nitrogens with zero attached hydrogens (tertiary/aromatic N) is 1. The lowest BCUT2D eigenvalue weighted by atomic mass is 10.0. The molecule has 0 amide bonds. The van der Waals surface area contributed by atoms with Crippen LogP contribution in [-0.4, -0.2) is 55.1 Å². The Morgan fingerprint density at radius 2 is 2.19 bits per heavy atom. The zero-order chi connectivity index (χ0) is 12.2. The van der Waals surface area contributed by atoms with Crippen LogP contribution in [0.4, 0.5) is 13.2 Å². The molecular weight excluding hydrogens is 223 g/mol. The zero-order valence-electron chi connectivity index (χ0n) is 9.33. The molecule has 0 spiro atoms. The van der Waals surface area contributed by atoms with Gasteiger partial charge in [0.25, 0.3) is 0 Å². The molecule has 1 N–H and O–H groups in total. The standard InChI is InChI=1S/C10H18F3NO2/c1-8(15)9-2-3-14(6-9)4-5-16-7-10(11,12)13/h8-9,15H,2-7H2,1H3. The fraction of sp³-hybridized carbons (Fsp3) is 1.00. The Labute approximate surface area is 93.2 Å². The summed E-state index contributed by atoms with van der Waals surface area (Å²) in [5.74, 6) is 0.239. The van der Waals surface area contributed by atoms with Gasteiger partial charge in [0, 0.05) is 13.1 Å². The second-order valence-corrected chi connectivity index (χ2v) is 4.26. The van der Waals surface area contributed by atoms with Gasteiger partial charge in [-0.2, -0.15) is 13.2 Å². The Balaban J connectivity index is 2.07. The lowest BCUT2D eigenvalue weighted by molar-refractivity contribution is -0.174. The number of halogens is 3. The summed E-state index contributed by atoms with van der Waals surface area (Å²) >= 11 is 0. The fourth-order valence-corrected chi connectivity index (χ4v) is 1.84. The molecule has 3 nitrogen and oxygen atoms in total. The maximum atomic E-state index is 11.8. The van der Waals surface area contributed by atoms with Crippen molar-refractivity contribution >= 4 is 0 Å². The highest BCUT2D eigenvalue weighted by Crippen LogP contribution is 2.19. The summed E-state index contributed by atoms with van der Waals surface area (Å²) in [5.41, 5.74) is 0. The lowest BCUT2D eigenvalue weighted by Crippen LogP contribution is -2.28. The SMILES string of the molecule is CC(O)C1CCN(CCOCC(F)(F)F)C1. The summed E-state index contributed by atoms with van der Waals surface area (Å²) in [7, 11) is 0.